The van der Waals surface area contributed by atoms with E-state index in [2.05, 4.69) is 55.6 Å². The molecule has 0 aliphatic carbocycles. The van der Waals surface area contributed by atoms with E-state index in [4.69, 9.17) is 9.05 Å². The Morgan fingerprint density at radius 1 is 0.736 bits per heavy atom. The second-order valence-electron chi connectivity index (χ2n) is 14.1. The number of amides is 1. The van der Waals surface area contributed by atoms with Crippen molar-refractivity contribution in [3.05, 3.63) is 97.2 Å². The van der Waals surface area contributed by atoms with Gasteiger partial charge >= 0.3 is 0 Å². The minimum absolute atomic E-state index is 0.0350. The lowest BCUT2D eigenvalue weighted by Gasteiger charge is -2.29. The smallest absolute Gasteiger partial charge is 0.268 e. The van der Waals surface area contributed by atoms with Gasteiger partial charge in [-0.3, -0.25) is 9.36 Å². The molecule has 53 heavy (non-hydrogen) atoms. The fraction of sp³-hybridized carbons (Fsp3) is 0.605. The van der Waals surface area contributed by atoms with E-state index in [0.717, 1.165) is 38.5 Å². The standard InChI is InChI=1S/C43H73N2O7P/c1-6-8-10-12-14-15-16-20-23-27-31-35-42(47)41(39-52-53(49,50)51-38-37-45(3,4)5)44-43(48)36-32-28-24-21-18-17-19-22-26-30-34-40(46)33-29-25-13-11-9-7-2/h9,11,16-18,20,22,24-26,28-31,34-35,40-42,46-47H,6-8,10,12-15,19,21,23,27,32-33,36-39H2,1-5H3,(H-,44,48,49,50)/b11-9-,18-17-,20-16-,26-22-,28-24-,29-25-,34-30+,35-31+/t40?,41-,42+/m0/s1. The Labute approximate surface area is 322 Å². The van der Waals surface area contributed by atoms with Crippen LogP contribution >= 0.6 is 7.82 Å². The number of hydrogen-bond acceptors (Lipinski definition) is 7. The van der Waals surface area contributed by atoms with Crippen LogP contribution in [-0.4, -0.2) is 79.8 Å². The molecule has 0 bridgehead atoms. The lowest BCUT2D eigenvalue weighted by molar-refractivity contribution is -0.870. The second kappa shape index (κ2) is 33.9. The molecule has 0 fully saturated rings. The summed E-state index contributed by atoms with van der Waals surface area (Å²) in [6.07, 6.45) is 43.6. The first-order valence-corrected chi connectivity index (χ1v) is 21.2. The number of rotatable bonds is 33. The van der Waals surface area contributed by atoms with Gasteiger partial charge in [0.2, 0.25) is 5.91 Å². The molecule has 0 aromatic heterocycles. The van der Waals surface area contributed by atoms with Crippen LogP contribution in [0.4, 0.5) is 0 Å². The number of quaternary nitrogens is 1. The van der Waals surface area contributed by atoms with E-state index in [1.54, 1.807) is 12.2 Å². The van der Waals surface area contributed by atoms with Gasteiger partial charge in [-0.1, -0.05) is 137 Å². The average molecular weight is 761 g/mol. The third-order valence-corrected chi connectivity index (χ3v) is 8.84. The second-order valence-corrected chi connectivity index (χ2v) is 15.5. The van der Waals surface area contributed by atoms with E-state index >= 15 is 0 Å². The van der Waals surface area contributed by atoms with Gasteiger partial charge in [-0.15, -0.1) is 0 Å². The van der Waals surface area contributed by atoms with E-state index in [9.17, 15) is 24.5 Å². The molecule has 302 valence electrons. The minimum Gasteiger partial charge on any atom is -0.756 e. The Kier molecular flexibility index (Phi) is 32.2. The number of carbonyl (C=O) groups excluding carboxylic acids is 1. The fourth-order valence-corrected chi connectivity index (χ4v) is 5.41. The molecule has 4 atom stereocenters. The van der Waals surface area contributed by atoms with Gasteiger partial charge in [0.25, 0.3) is 7.82 Å². The number of aliphatic hydroxyl groups excluding tert-OH is 2. The van der Waals surface area contributed by atoms with Crippen molar-refractivity contribution in [1.29, 1.82) is 0 Å². The molecule has 0 aliphatic heterocycles. The van der Waals surface area contributed by atoms with E-state index in [1.165, 1.54) is 32.1 Å². The van der Waals surface area contributed by atoms with Crippen molar-refractivity contribution in [2.75, 3.05) is 40.9 Å². The first kappa shape index (κ1) is 50.4. The van der Waals surface area contributed by atoms with Crippen LogP contribution in [0.15, 0.2) is 97.2 Å². The van der Waals surface area contributed by atoms with Gasteiger partial charge in [0.05, 0.1) is 46.0 Å². The predicted octanol–water partition coefficient (Wildman–Crippen LogP) is 8.74. The largest absolute Gasteiger partial charge is 0.756 e. The van der Waals surface area contributed by atoms with Gasteiger partial charge in [-0.25, -0.2) is 0 Å². The summed E-state index contributed by atoms with van der Waals surface area (Å²) in [7, 11) is 1.14. The molecule has 1 amide bonds. The van der Waals surface area contributed by atoms with Crippen LogP contribution < -0.4 is 10.2 Å². The molecule has 0 rings (SSSR count). The van der Waals surface area contributed by atoms with Crippen molar-refractivity contribution in [2.24, 2.45) is 0 Å². The number of nitrogens with zero attached hydrogens (tertiary/aromatic N) is 1. The van der Waals surface area contributed by atoms with E-state index < -0.39 is 32.7 Å². The molecular weight excluding hydrogens is 687 g/mol. The Hall–Kier alpha value is -2.62. The summed E-state index contributed by atoms with van der Waals surface area (Å²) in [6, 6.07) is -0.963. The summed E-state index contributed by atoms with van der Waals surface area (Å²) in [5, 5.41) is 23.6. The minimum atomic E-state index is -4.63. The molecule has 9 nitrogen and oxygen atoms in total. The van der Waals surface area contributed by atoms with Gasteiger partial charge in [-0.05, 0) is 64.2 Å². The highest BCUT2D eigenvalue weighted by Crippen LogP contribution is 2.38. The Morgan fingerprint density at radius 3 is 2.08 bits per heavy atom. The van der Waals surface area contributed by atoms with Gasteiger partial charge in [0, 0.05) is 6.42 Å². The maximum absolute atomic E-state index is 12.8. The van der Waals surface area contributed by atoms with Crippen LogP contribution in [0.3, 0.4) is 0 Å². The highest BCUT2D eigenvalue weighted by Gasteiger charge is 2.23. The number of hydrogen-bond donors (Lipinski definition) is 3. The molecule has 0 aromatic rings. The number of carbonyl (C=O) groups is 1. The molecule has 2 unspecified atom stereocenters. The van der Waals surface area contributed by atoms with Crippen molar-refractivity contribution in [3.63, 3.8) is 0 Å². The zero-order valence-corrected chi connectivity index (χ0v) is 34.4. The third-order valence-electron chi connectivity index (χ3n) is 7.87. The molecule has 0 radical (unpaired) electrons. The van der Waals surface area contributed by atoms with Crippen molar-refractivity contribution in [3.8, 4) is 0 Å². The monoisotopic (exact) mass is 761 g/mol. The number of nitrogens with one attached hydrogen (secondary N) is 1. The summed E-state index contributed by atoms with van der Waals surface area (Å²) in [6.45, 7) is 4.31. The molecule has 0 spiro atoms. The number of likely N-dealkylation sites (N-methyl/N-ethyl adjacent to an activating group) is 1. The van der Waals surface area contributed by atoms with Crippen molar-refractivity contribution < 1.29 is 38.0 Å². The Balaban J connectivity index is 4.75. The maximum Gasteiger partial charge on any atom is 0.268 e. The fourth-order valence-electron chi connectivity index (χ4n) is 4.68. The quantitative estimate of drug-likeness (QED) is 0.0201. The van der Waals surface area contributed by atoms with Gasteiger partial charge in [0.1, 0.15) is 13.2 Å². The lowest BCUT2D eigenvalue weighted by Crippen LogP contribution is -2.45. The lowest BCUT2D eigenvalue weighted by atomic mass is 10.1. The molecule has 0 heterocycles. The summed E-state index contributed by atoms with van der Waals surface area (Å²) in [5.74, 6) is -0.316. The highest BCUT2D eigenvalue weighted by atomic mass is 31.2. The van der Waals surface area contributed by atoms with Gasteiger partial charge in [0.15, 0.2) is 0 Å². The van der Waals surface area contributed by atoms with Crippen LogP contribution in [0.1, 0.15) is 110 Å². The number of aliphatic hydroxyl groups is 2. The highest BCUT2D eigenvalue weighted by molar-refractivity contribution is 7.45. The van der Waals surface area contributed by atoms with Crippen LogP contribution in [0.2, 0.25) is 0 Å². The van der Waals surface area contributed by atoms with E-state index in [1.807, 2.05) is 69.8 Å². The molecule has 0 saturated carbocycles. The maximum atomic E-state index is 12.8. The van der Waals surface area contributed by atoms with Gasteiger partial charge < -0.3 is 34.0 Å². The third kappa shape index (κ3) is 36.1. The molecular formula is C43H73N2O7P. The zero-order chi connectivity index (χ0) is 39.5. The number of phosphoric ester groups is 1. The van der Waals surface area contributed by atoms with Crippen LogP contribution in [-0.2, 0) is 18.4 Å². The normalized spacial score (nSPS) is 16.2. The first-order chi connectivity index (χ1) is 25.4. The summed E-state index contributed by atoms with van der Waals surface area (Å²) >= 11 is 0. The van der Waals surface area contributed by atoms with Crippen molar-refractivity contribution in [2.45, 2.75) is 128 Å². The molecule has 3 N–H and O–H groups in total. The van der Waals surface area contributed by atoms with Crippen LogP contribution in [0.5, 0.6) is 0 Å². The Morgan fingerprint density at radius 2 is 1.36 bits per heavy atom. The summed E-state index contributed by atoms with van der Waals surface area (Å²) in [4.78, 5) is 25.1. The van der Waals surface area contributed by atoms with Crippen molar-refractivity contribution >= 4 is 13.7 Å². The summed E-state index contributed by atoms with van der Waals surface area (Å²) < 4.78 is 23.0. The number of allylic oxidation sites excluding steroid dienone is 13. The van der Waals surface area contributed by atoms with Crippen LogP contribution in [0.25, 0.3) is 0 Å². The SMILES string of the molecule is CC/C=C\C/C=C\CC(O)/C=C/C=C\C/C=C\C/C=C\CCC(=O)N[C@@H](COP(=O)([O-])OCC[N+](C)(C)C)[C@H](O)/C=C/CC/C=C\CCCCCCC. The molecule has 0 aliphatic rings. The predicted molar refractivity (Wildman–Crippen MR) is 220 cm³/mol. The topological polar surface area (TPSA) is 128 Å². The number of unbranched alkanes of at least 4 members (excludes halogenated alkanes) is 6. The van der Waals surface area contributed by atoms with Crippen LogP contribution in [0, 0.1) is 0 Å². The average Bonchev–Trinajstić information content (AvgIpc) is 3.10. The molecule has 0 aromatic carbocycles. The first-order valence-electron chi connectivity index (χ1n) is 19.7. The van der Waals surface area contributed by atoms with E-state index in [0.29, 0.717) is 30.3 Å². The Bertz CT molecular complexity index is 1200. The molecule has 0 saturated heterocycles. The van der Waals surface area contributed by atoms with Crippen molar-refractivity contribution in [1.82, 2.24) is 5.32 Å². The number of phosphoric acid groups is 1. The zero-order valence-electron chi connectivity index (χ0n) is 33.5. The van der Waals surface area contributed by atoms with E-state index in [-0.39, 0.29) is 18.9 Å². The van der Waals surface area contributed by atoms with Gasteiger partial charge in [-0.2, -0.15) is 0 Å². The molecule has 10 heteroatoms. The summed E-state index contributed by atoms with van der Waals surface area (Å²) in [5.41, 5.74) is 0.